The summed E-state index contributed by atoms with van der Waals surface area (Å²) in [5.74, 6) is -0.169. The van der Waals surface area contributed by atoms with Crippen LogP contribution in [-0.4, -0.2) is 34.8 Å². The molecule has 0 spiro atoms. The van der Waals surface area contributed by atoms with E-state index in [1.165, 1.54) is 24.3 Å². The molecule has 174 valence electrons. The Hall–Kier alpha value is -3.16. The number of aromatic nitrogens is 2. The fraction of sp³-hybridized carbons (Fsp3) is 0.333. The molecule has 0 unspecified atom stereocenters. The van der Waals surface area contributed by atoms with Crippen molar-refractivity contribution in [3.05, 3.63) is 71.8 Å². The third-order valence-electron chi connectivity index (χ3n) is 7.12. The first-order valence-electron chi connectivity index (χ1n) is 12.0. The van der Waals surface area contributed by atoms with E-state index in [2.05, 4.69) is 25.6 Å². The van der Waals surface area contributed by atoms with E-state index in [-0.39, 0.29) is 17.2 Å². The highest BCUT2D eigenvalue weighted by Crippen LogP contribution is 2.33. The number of nitrogens with one attached hydrogen (secondary N) is 3. The van der Waals surface area contributed by atoms with Crippen LogP contribution in [0.4, 0.5) is 8.78 Å². The van der Waals surface area contributed by atoms with E-state index in [4.69, 9.17) is 0 Å². The zero-order valence-electron chi connectivity index (χ0n) is 18.9. The predicted molar refractivity (Wildman–Crippen MR) is 130 cm³/mol. The largest absolute Gasteiger partial charge is 0.341 e. The Balaban J connectivity index is 1.20. The molecule has 2 fully saturated rings. The number of rotatable bonds is 5. The molecule has 3 aromatic rings. The van der Waals surface area contributed by atoms with Gasteiger partial charge in [-0.25, -0.2) is 13.8 Å². The Bertz CT molecular complexity index is 1260. The molecule has 5 nitrogen and oxygen atoms in total. The van der Waals surface area contributed by atoms with Crippen molar-refractivity contribution in [2.45, 2.75) is 44.2 Å². The second-order valence-corrected chi connectivity index (χ2v) is 9.32. The zero-order chi connectivity index (χ0) is 23.1. The van der Waals surface area contributed by atoms with Crippen LogP contribution in [0.25, 0.3) is 28.0 Å². The van der Waals surface area contributed by atoms with Crippen LogP contribution >= 0.6 is 0 Å². The number of nitrogens with zero attached hydrogens (tertiary/aromatic N) is 2. The molecule has 1 aromatic heterocycles. The molecule has 4 heterocycles. The Morgan fingerprint density at radius 2 is 1.50 bits per heavy atom. The van der Waals surface area contributed by atoms with Crippen LogP contribution in [0, 0.1) is 11.6 Å². The molecule has 3 aliphatic rings. The normalized spacial score (nSPS) is 22.3. The first kappa shape index (κ1) is 21.4. The average molecular weight is 460 g/mol. The van der Waals surface area contributed by atoms with Crippen LogP contribution in [0.5, 0.6) is 0 Å². The minimum atomic E-state index is -0.476. The Morgan fingerprint density at radius 3 is 2.24 bits per heavy atom. The van der Waals surface area contributed by atoms with Gasteiger partial charge in [-0.1, -0.05) is 24.3 Å². The van der Waals surface area contributed by atoms with Crippen molar-refractivity contribution in [2.75, 3.05) is 13.1 Å². The zero-order valence-corrected chi connectivity index (χ0v) is 18.9. The van der Waals surface area contributed by atoms with Gasteiger partial charge in [0, 0.05) is 35.5 Å². The molecule has 2 aromatic carbocycles. The number of imidazole rings is 1. The van der Waals surface area contributed by atoms with Crippen molar-refractivity contribution >= 4 is 11.3 Å². The number of allylic oxidation sites excluding steroid dienone is 1. The molecule has 0 bridgehead atoms. The minimum absolute atomic E-state index is 0.144. The van der Waals surface area contributed by atoms with Crippen LogP contribution in [0.15, 0.2) is 53.8 Å². The summed E-state index contributed by atoms with van der Waals surface area (Å²) in [4.78, 5) is 12.2. The Labute approximate surface area is 197 Å². The third-order valence-corrected chi connectivity index (χ3v) is 7.12. The maximum atomic E-state index is 15.1. The first-order chi connectivity index (χ1) is 16.7. The Morgan fingerprint density at radius 1 is 0.824 bits per heavy atom. The van der Waals surface area contributed by atoms with Gasteiger partial charge in [0.1, 0.15) is 17.5 Å². The lowest BCUT2D eigenvalue weighted by Crippen LogP contribution is -2.29. The van der Waals surface area contributed by atoms with Crippen molar-refractivity contribution in [1.29, 1.82) is 0 Å². The fourth-order valence-electron chi connectivity index (χ4n) is 5.21. The smallest absolute Gasteiger partial charge is 0.133 e. The molecule has 0 radical (unpaired) electrons. The summed E-state index contributed by atoms with van der Waals surface area (Å²) in [5, 5.41) is 6.85. The molecule has 2 atom stereocenters. The van der Waals surface area contributed by atoms with Gasteiger partial charge in [-0.15, -0.1) is 0 Å². The molecule has 0 aliphatic carbocycles. The summed E-state index contributed by atoms with van der Waals surface area (Å²) in [6, 6.07) is 10.7. The van der Waals surface area contributed by atoms with Gasteiger partial charge in [0.05, 0.1) is 17.9 Å². The number of hydrogen-bond donors (Lipinski definition) is 3. The highest BCUT2D eigenvalue weighted by molar-refractivity contribution is 6.01. The van der Waals surface area contributed by atoms with Gasteiger partial charge in [0.25, 0.3) is 0 Å². The van der Waals surface area contributed by atoms with Crippen LogP contribution in [0.3, 0.4) is 0 Å². The summed E-state index contributed by atoms with van der Waals surface area (Å²) in [7, 11) is 0. The average Bonchev–Trinajstić information content (AvgIpc) is 3.66. The van der Waals surface area contributed by atoms with Gasteiger partial charge < -0.3 is 15.6 Å². The monoisotopic (exact) mass is 459 g/mol. The van der Waals surface area contributed by atoms with Gasteiger partial charge in [-0.05, 0) is 67.6 Å². The van der Waals surface area contributed by atoms with Gasteiger partial charge in [0.15, 0.2) is 0 Å². The molecular formula is C27H27F2N5. The fourth-order valence-corrected chi connectivity index (χ4v) is 5.21. The molecular weight excluding hydrogens is 432 g/mol. The number of halogens is 2. The van der Waals surface area contributed by atoms with E-state index in [1.54, 1.807) is 6.20 Å². The number of H-pyrrole nitrogens is 1. The van der Waals surface area contributed by atoms with Crippen molar-refractivity contribution in [2.24, 2.45) is 4.99 Å². The van der Waals surface area contributed by atoms with Crippen LogP contribution in [0.2, 0.25) is 0 Å². The highest BCUT2D eigenvalue weighted by Gasteiger charge is 2.24. The Kier molecular flexibility index (Phi) is 5.59. The maximum absolute atomic E-state index is 15.1. The standard InChI is InChI=1S/C27H27F2N5/c28-21-13-20(26-15-33-27(34-26)24-4-2-10-31-24)22(29)12-19(21)17-7-5-16(6-8-17)18-11-25(32-14-18)23-3-1-9-30-23/h5-8,12-15,23-24,30-31H,1-4,9-11H2,(H,33,34)/t23-,24-/m0/s1. The number of benzene rings is 2. The lowest BCUT2D eigenvalue weighted by Gasteiger charge is -2.12. The van der Waals surface area contributed by atoms with Gasteiger partial charge in [-0.3, -0.25) is 4.99 Å². The number of aliphatic imine (C=N–C) groups is 1. The topological polar surface area (TPSA) is 65.1 Å². The van der Waals surface area contributed by atoms with E-state index >= 15 is 8.78 Å². The van der Waals surface area contributed by atoms with Crippen LogP contribution in [-0.2, 0) is 0 Å². The SMILES string of the molecule is Fc1cc(-c2cnc([C@@H]3CCCN3)[nH]2)c(F)cc1-c1ccc(C2=CN=C([C@@H]3CCCN3)C2)cc1. The summed E-state index contributed by atoms with van der Waals surface area (Å²) in [5.41, 5.74) is 4.97. The first-order valence-corrected chi connectivity index (χ1v) is 12.0. The van der Waals surface area contributed by atoms with Crippen LogP contribution in [0.1, 0.15) is 49.5 Å². The molecule has 34 heavy (non-hydrogen) atoms. The maximum Gasteiger partial charge on any atom is 0.133 e. The molecule has 0 saturated carbocycles. The highest BCUT2D eigenvalue weighted by atomic mass is 19.1. The van der Waals surface area contributed by atoms with Crippen molar-refractivity contribution in [1.82, 2.24) is 20.6 Å². The second-order valence-electron chi connectivity index (χ2n) is 9.32. The lowest BCUT2D eigenvalue weighted by atomic mass is 9.96. The summed E-state index contributed by atoms with van der Waals surface area (Å²) >= 11 is 0. The van der Waals surface area contributed by atoms with Crippen LogP contribution < -0.4 is 10.6 Å². The predicted octanol–water partition coefficient (Wildman–Crippen LogP) is 5.38. The van der Waals surface area contributed by atoms with Gasteiger partial charge in [0.2, 0.25) is 0 Å². The lowest BCUT2D eigenvalue weighted by molar-refractivity contribution is 0.604. The van der Waals surface area contributed by atoms with Crippen molar-refractivity contribution in [3.8, 4) is 22.4 Å². The van der Waals surface area contributed by atoms with Gasteiger partial charge >= 0.3 is 0 Å². The molecule has 3 N–H and O–H groups in total. The molecule has 2 saturated heterocycles. The molecule has 6 rings (SSSR count). The molecule has 3 aliphatic heterocycles. The van der Waals surface area contributed by atoms with Gasteiger partial charge in [-0.2, -0.15) is 0 Å². The summed E-state index contributed by atoms with van der Waals surface area (Å²) in [6.45, 7) is 1.99. The summed E-state index contributed by atoms with van der Waals surface area (Å²) in [6.07, 6.45) is 8.73. The van der Waals surface area contributed by atoms with E-state index in [0.29, 0.717) is 17.3 Å². The van der Waals surface area contributed by atoms with Crippen molar-refractivity contribution in [3.63, 3.8) is 0 Å². The van der Waals surface area contributed by atoms with E-state index in [1.807, 2.05) is 30.5 Å². The minimum Gasteiger partial charge on any atom is -0.341 e. The second kappa shape index (κ2) is 8.89. The van der Waals surface area contributed by atoms with E-state index in [9.17, 15) is 0 Å². The summed E-state index contributed by atoms with van der Waals surface area (Å²) < 4.78 is 30.1. The quantitative estimate of drug-likeness (QED) is 0.480. The molecule has 7 heteroatoms. The number of aromatic amines is 1. The van der Waals surface area contributed by atoms with E-state index < -0.39 is 11.6 Å². The van der Waals surface area contributed by atoms with E-state index in [0.717, 1.165) is 55.7 Å². The van der Waals surface area contributed by atoms with Crippen molar-refractivity contribution < 1.29 is 8.78 Å². The third kappa shape index (κ3) is 3.99. The molecule has 0 amide bonds. The number of hydrogen-bond acceptors (Lipinski definition) is 4.